The van der Waals surface area contributed by atoms with Crippen LogP contribution in [0, 0.1) is 20.2 Å². The molecular weight excluding hydrogens is 266 g/mol. The summed E-state index contributed by atoms with van der Waals surface area (Å²) in [5.41, 5.74) is -0.314. The van der Waals surface area contributed by atoms with Gasteiger partial charge >= 0.3 is 0 Å². The van der Waals surface area contributed by atoms with E-state index in [1.165, 1.54) is 18.2 Å². The summed E-state index contributed by atoms with van der Waals surface area (Å²) in [5, 5.41) is 33.8. The van der Waals surface area contributed by atoms with Gasteiger partial charge in [-0.1, -0.05) is 0 Å². The van der Waals surface area contributed by atoms with Crippen LogP contribution in [0.4, 0.5) is 11.4 Å². The molecule has 1 atom stereocenters. The molecule has 0 aliphatic carbocycles. The Morgan fingerprint density at radius 2 is 1.80 bits per heavy atom. The van der Waals surface area contributed by atoms with Crippen LogP contribution in [0.3, 0.4) is 0 Å². The van der Waals surface area contributed by atoms with Gasteiger partial charge in [0.25, 0.3) is 11.4 Å². The lowest BCUT2D eigenvalue weighted by Gasteiger charge is -2.07. The van der Waals surface area contributed by atoms with Crippen molar-refractivity contribution in [1.29, 1.82) is 0 Å². The number of nitrogens with zero attached hydrogens (tertiary/aromatic N) is 2. The lowest BCUT2D eigenvalue weighted by atomic mass is 10.1. The van der Waals surface area contributed by atoms with Gasteiger partial charge in [0.2, 0.25) is 0 Å². The van der Waals surface area contributed by atoms with Crippen LogP contribution < -0.4 is 5.32 Å². The lowest BCUT2D eigenvalue weighted by molar-refractivity contribution is -0.395. The maximum absolute atomic E-state index is 10.9. The zero-order valence-electron chi connectivity index (χ0n) is 11.1. The highest BCUT2D eigenvalue weighted by Crippen LogP contribution is 2.29. The summed E-state index contributed by atoms with van der Waals surface area (Å²) >= 11 is 0. The van der Waals surface area contributed by atoms with E-state index >= 15 is 0 Å². The van der Waals surface area contributed by atoms with Gasteiger partial charge in [-0.15, -0.1) is 0 Å². The molecule has 0 saturated carbocycles. The number of nitrogens with one attached hydrogen (secondary N) is 1. The topological polar surface area (TPSA) is 119 Å². The molecular formula is C12H17N3O5. The highest BCUT2D eigenvalue weighted by atomic mass is 16.6. The molecule has 0 bridgehead atoms. The van der Waals surface area contributed by atoms with Crippen molar-refractivity contribution in [1.82, 2.24) is 5.32 Å². The molecule has 0 aliphatic rings. The van der Waals surface area contributed by atoms with E-state index in [0.29, 0.717) is 19.5 Å². The van der Waals surface area contributed by atoms with Gasteiger partial charge in [-0.2, -0.15) is 0 Å². The third-order valence-electron chi connectivity index (χ3n) is 2.74. The van der Waals surface area contributed by atoms with Crippen molar-refractivity contribution >= 4 is 11.4 Å². The minimum atomic E-state index is -0.606. The van der Waals surface area contributed by atoms with Crippen molar-refractivity contribution in [3.63, 3.8) is 0 Å². The van der Waals surface area contributed by atoms with Crippen LogP contribution >= 0.6 is 0 Å². The second-order valence-corrected chi connectivity index (χ2v) is 4.45. The standard InChI is InChI=1S/C12H17N3O5/c1-9(16)8-13-7-3-4-10-11(14(17)18)5-2-6-12(10)15(19)20/h2,5-6,9,13,16H,3-4,7-8H2,1H3. The SMILES string of the molecule is CC(O)CNCCCc1c([N+](=O)[O-])cccc1[N+](=O)[O-]. The second-order valence-electron chi connectivity index (χ2n) is 4.45. The Morgan fingerprint density at radius 1 is 1.25 bits per heavy atom. The monoisotopic (exact) mass is 283 g/mol. The van der Waals surface area contributed by atoms with Crippen molar-refractivity contribution in [2.75, 3.05) is 13.1 Å². The Labute approximate surface area is 115 Å². The smallest absolute Gasteiger partial charge is 0.279 e. The number of aliphatic hydroxyl groups excluding tert-OH is 1. The molecule has 0 aliphatic heterocycles. The largest absolute Gasteiger partial charge is 0.392 e. The Kier molecular flexibility index (Phi) is 6.01. The van der Waals surface area contributed by atoms with Crippen molar-refractivity contribution in [3.8, 4) is 0 Å². The Balaban J connectivity index is 2.76. The average Bonchev–Trinajstić information content (AvgIpc) is 2.37. The molecule has 0 radical (unpaired) electrons. The number of rotatable bonds is 8. The lowest BCUT2D eigenvalue weighted by Crippen LogP contribution is -2.25. The number of aliphatic hydroxyl groups is 1. The molecule has 110 valence electrons. The zero-order valence-corrected chi connectivity index (χ0v) is 11.1. The number of hydrogen-bond donors (Lipinski definition) is 2. The second kappa shape index (κ2) is 7.51. The highest BCUT2D eigenvalue weighted by Gasteiger charge is 2.23. The van der Waals surface area contributed by atoms with Gasteiger partial charge in [0.05, 0.1) is 16.0 Å². The van der Waals surface area contributed by atoms with E-state index in [0.717, 1.165) is 0 Å². The molecule has 0 spiro atoms. The molecule has 1 aromatic carbocycles. The van der Waals surface area contributed by atoms with Gasteiger partial charge in [0.15, 0.2) is 0 Å². The molecule has 0 fully saturated rings. The molecule has 8 heteroatoms. The van der Waals surface area contributed by atoms with Crippen LogP contribution in [0.2, 0.25) is 0 Å². The molecule has 1 aromatic rings. The number of benzene rings is 1. The van der Waals surface area contributed by atoms with E-state index < -0.39 is 16.0 Å². The number of nitro groups is 2. The molecule has 1 unspecified atom stereocenters. The molecule has 20 heavy (non-hydrogen) atoms. The average molecular weight is 283 g/mol. The van der Waals surface area contributed by atoms with Gasteiger partial charge in [0, 0.05) is 18.7 Å². The maximum Gasteiger partial charge on any atom is 0.279 e. The molecule has 0 amide bonds. The predicted octanol–water partition coefficient (Wildman–Crippen LogP) is 1.41. The minimum Gasteiger partial charge on any atom is -0.392 e. The van der Waals surface area contributed by atoms with Crippen molar-refractivity contribution < 1.29 is 15.0 Å². The number of nitro benzene ring substituents is 2. The van der Waals surface area contributed by atoms with Gasteiger partial charge in [-0.25, -0.2) is 0 Å². The molecule has 2 N–H and O–H groups in total. The van der Waals surface area contributed by atoms with Crippen LogP contribution in [0.5, 0.6) is 0 Å². The molecule has 0 heterocycles. The van der Waals surface area contributed by atoms with E-state index in [1.807, 2.05) is 0 Å². The molecule has 0 aromatic heterocycles. The Hall–Kier alpha value is -2.06. The van der Waals surface area contributed by atoms with Gasteiger partial charge < -0.3 is 10.4 Å². The van der Waals surface area contributed by atoms with Crippen LogP contribution in [-0.4, -0.2) is 34.1 Å². The quantitative estimate of drug-likeness (QED) is 0.423. The van der Waals surface area contributed by atoms with E-state index in [-0.39, 0.29) is 23.4 Å². The highest BCUT2D eigenvalue weighted by molar-refractivity contribution is 5.53. The minimum absolute atomic E-state index is 0.140. The van der Waals surface area contributed by atoms with Crippen molar-refractivity contribution in [2.24, 2.45) is 0 Å². The Bertz CT molecular complexity index is 458. The first-order chi connectivity index (χ1) is 9.43. The van der Waals surface area contributed by atoms with Gasteiger partial charge in [-0.3, -0.25) is 20.2 Å². The van der Waals surface area contributed by atoms with Gasteiger partial charge in [-0.05, 0) is 32.4 Å². The fraction of sp³-hybridized carbons (Fsp3) is 0.500. The van der Waals surface area contributed by atoms with Gasteiger partial charge in [0.1, 0.15) is 5.56 Å². The third-order valence-corrected chi connectivity index (χ3v) is 2.74. The van der Waals surface area contributed by atoms with Crippen molar-refractivity contribution in [2.45, 2.75) is 25.9 Å². The number of hydrogen-bond acceptors (Lipinski definition) is 6. The summed E-state index contributed by atoms with van der Waals surface area (Å²) in [6, 6.07) is 3.85. The first kappa shape index (κ1) is 16.0. The van der Waals surface area contributed by atoms with E-state index in [4.69, 9.17) is 5.11 Å². The first-order valence-corrected chi connectivity index (χ1v) is 6.23. The predicted molar refractivity (Wildman–Crippen MR) is 72.6 cm³/mol. The molecule has 0 saturated heterocycles. The fourth-order valence-electron chi connectivity index (χ4n) is 1.86. The van der Waals surface area contributed by atoms with E-state index in [9.17, 15) is 20.2 Å². The van der Waals surface area contributed by atoms with E-state index in [2.05, 4.69) is 5.32 Å². The van der Waals surface area contributed by atoms with Crippen LogP contribution in [-0.2, 0) is 6.42 Å². The zero-order chi connectivity index (χ0) is 15.1. The maximum atomic E-state index is 10.9. The molecule has 1 rings (SSSR count). The summed E-state index contributed by atoms with van der Waals surface area (Å²) in [4.78, 5) is 20.6. The Morgan fingerprint density at radius 3 is 2.25 bits per heavy atom. The molecule has 8 nitrogen and oxygen atoms in total. The summed E-state index contributed by atoms with van der Waals surface area (Å²) in [6.45, 7) is 2.58. The first-order valence-electron chi connectivity index (χ1n) is 6.23. The fourth-order valence-corrected chi connectivity index (χ4v) is 1.86. The summed E-state index contributed by atoms with van der Waals surface area (Å²) < 4.78 is 0. The normalized spacial score (nSPS) is 12.1. The summed E-state index contributed by atoms with van der Waals surface area (Å²) in [5.74, 6) is 0. The van der Waals surface area contributed by atoms with Crippen LogP contribution in [0.15, 0.2) is 18.2 Å². The van der Waals surface area contributed by atoms with Crippen LogP contribution in [0.25, 0.3) is 0 Å². The van der Waals surface area contributed by atoms with Crippen molar-refractivity contribution in [3.05, 3.63) is 44.0 Å². The summed E-state index contributed by atoms with van der Waals surface area (Å²) in [7, 11) is 0. The van der Waals surface area contributed by atoms with Crippen LogP contribution in [0.1, 0.15) is 18.9 Å². The van der Waals surface area contributed by atoms with E-state index in [1.54, 1.807) is 6.92 Å². The third kappa shape index (κ3) is 4.56. The summed E-state index contributed by atoms with van der Waals surface area (Å²) in [6.07, 6.45) is 0.272.